The zero-order chi connectivity index (χ0) is 10.6. The van der Waals surface area contributed by atoms with Crippen molar-refractivity contribution in [3.63, 3.8) is 0 Å². The SMILES string of the molecule is CC(C)C(CN)NCc1ccc(Cl)s1. The molecule has 4 heteroatoms. The van der Waals surface area contributed by atoms with E-state index in [0.29, 0.717) is 18.5 Å². The Hall–Kier alpha value is -0.0900. The molecular formula is C10H17ClN2S. The van der Waals surface area contributed by atoms with Gasteiger partial charge in [0.2, 0.25) is 0 Å². The van der Waals surface area contributed by atoms with Crippen LogP contribution in [0.5, 0.6) is 0 Å². The van der Waals surface area contributed by atoms with E-state index < -0.39 is 0 Å². The molecule has 0 fully saturated rings. The average Bonchev–Trinajstić information content (AvgIpc) is 2.52. The molecule has 1 atom stereocenters. The molecule has 80 valence electrons. The Morgan fingerprint density at radius 2 is 2.21 bits per heavy atom. The first-order valence-electron chi connectivity index (χ1n) is 4.81. The number of nitrogens with two attached hydrogens (primary N) is 1. The summed E-state index contributed by atoms with van der Waals surface area (Å²) in [6.45, 7) is 5.88. The van der Waals surface area contributed by atoms with Gasteiger partial charge in [0.25, 0.3) is 0 Å². The molecule has 1 aromatic rings. The van der Waals surface area contributed by atoms with Crippen LogP contribution >= 0.6 is 22.9 Å². The van der Waals surface area contributed by atoms with Crippen LogP contribution in [0.25, 0.3) is 0 Å². The summed E-state index contributed by atoms with van der Waals surface area (Å²) in [4.78, 5) is 1.26. The summed E-state index contributed by atoms with van der Waals surface area (Å²) in [5.74, 6) is 0.565. The van der Waals surface area contributed by atoms with Gasteiger partial charge in [0, 0.05) is 24.0 Å². The van der Waals surface area contributed by atoms with Crippen LogP contribution < -0.4 is 11.1 Å². The van der Waals surface area contributed by atoms with E-state index in [1.807, 2.05) is 12.1 Å². The molecule has 1 rings (SSSR count). The van der Waals surface area contributed by atoms with E-state index >= 15 is 0 Å². The first-order valence-corrected chi connectivity index (χ1v) is 6.00. The van der Waals surface area contributed by atoms with Gasteiger partial charge in [-0.05, 0) is 18.1 Å². The minimum atomic E-state index is 0.385. The van der Waals surface area contributed by atoms with Crippen molar-refractivity contribution in [1.29, 1.82) is 0 Å². The number of hydrogen-bond donors (Lipinski definition) is 2. The van der Waals surface area contributed by atoms with E-state index in [2.05, 4.69) is 19.2 Å². The van der Waals surface area contributed by atoms with Crippen LogP contribution in [0.15, 0.2) is 12.1 Å². The fourth-order valence-corrected chi connectivity index (χ4v) is 2.31. The molecule has 0 aliphatic rings. The van der Waals surface area contributed by atoms with E-state index in [-0.39, 0.29) is 0 Å². The fraction of sp³-hybridized carbons (Fsp3) is 0.600. The van der Waals surface area contributed by atoms with Gasteiger partial charge in [0.15, 0.2) is 0 Å². The lowest BCUT2D eigenvalue weighted by Crippen LogP contribution is -2.39. The second-order valence-electron chi connectivity index (χ2n) is 3.67. The molecule has 14 heavy (non-hydrogen) atoms. The Kier molecular flexibility index (Phi) is 4.89. The lowest BCUT2D eigenvalue weighted by atomic mass is 10.1. The molecule has 2 nitrogen and oxygen atoms in total. The molecule has 1 heterocycles. The third kappa shape index (κ3) is 3.58. The predicted molar refractivity (Wildman–Crippen MR) is 63.8 cm³/mol. The molecule has 0 saturated carbocycles. The van der Waals surface area contributed by atoms with Gasteiger partial charge in [0.05, 0.1) is 4.34 Å². The average molecular weight is 233 g/mol. The highest BCUT2D eigenvalue weighted by Crippen LogP contribution is 2.21. The van der Waals surface area contributed by atoms with Crippen molar-refractivity contribution in [1.82, 2.24) is 5.32 Å². The summed E-state index contributed by atoms with van der Waals surface area (Å²) in [6.07, 6.45) is 0. The van der Waals surface area contributed by atoms with Gasteiger partial charge in [-0.25, -0.2) is 0 Å². The Labute approximate surface area is 94.5 Å². The molecule has 1 unspecified atom stereocenters. The summed E-state index contributed by atoms with van der Waals surface area (Å²) in [5.41, 5.74) is 5.66. The lowest BCUT2D eigenvalue weighted by Gasteiger charge is -2.19. The molecule has 1 aromatic heterocycles. The highest BCUT2D eigenvalue weighted by molar-refractivity contribution is 7.16. The van der Waals surface area contributed by atoms with Crippen molar-refractivity contribution >= 4 is 22.9 Å². The van der Waals surface area contributed by atoms with E-state index in [4.69, 9.17) is 17.3 Å². The normalized spacial score (nSPS) is 13.5. The largest absolute Gasteiger partial charge is 0.329 e. The standard InChI is InChI=1S/C10H17ClN2S/c1-7(2)9(5-12)13-6-8-3-4-10(11)14-8/h3-4,7,9,13H,5-6,12H2,1-2H3. The van der Waals surface area contributed by atoms with Gasteiger partial charge in [-0.3, -0.25) is 0 Å². The molecule has 0 saturated heterocycles. The third-order valence-electron chi connectivity index (χ3n) is 2.23. The van der Waals surface area contributed by atoms with Crippen molar-refractivity contribution in [2.24, 2.45) is 11.7 Å². The highest BCUT2D eigenvalue weighted by atomic mass is 35.5. The van der Waals surface area contributed by atoms with Crippen LogP contribution in [0.1, 0.15) is 18.7 Å². The maximum absolute atomic E-state index is 5.84. The predicted octanol–water partition coefficient (Wildman–Crippen LogP) is 2.47. The second kappa shape index (κ2) is 5.71. The summed E-state index contributed by atoms with van der Waals surface area (Å²) in [5, 5.41) is 3.43. The van der Waals surface area contributed by atoms with Crippen molar-refractivity contribution in [2.75, 3.05) is 6.54 Å². The molecule has 3 N–H and O–H groups in total. The van der Waals surface area contributed by atoms with Gasteiger partial charge >= 0.3 is 0 Å². The van der Waals surface area contributed by atoms with Gasteiger partial charge in [-0.1, -0.05) is 25.4 Å². The van der Waals surface area contributed by atoms with Gasteiger partial charge in [0.1, 0.15) is 0 Å². The minimum absolute atomic E-state index is 0.385. The maximum atomic E-state index is 5.84. The Bertz CT molecular complexity index is 273. The zero-order valence-electron chi connectivity index (χ0n) is 8.59. The molecule has 0 amide bonds. The Balaban J connectivity index is 2.39. The number of hydrogen-bond acceptors (Lipinski definition) is 3. The zero-order valence-corrected chi connectivity index (χ0v) is 10.2. The number of nitrogens with one attached hydrogen (secondary N) is 1. The fourth-order valence-electron chi connectivity index (χ4n) is 1.27. The van der Waals surface area contributed by atoms with Crippen LogP contribution in [0.3, 0.4) is 0 Å². The van der Waals surface area contributed by atoms with E-state index in [0.717, 1.165) is 10.9 Å². The first-order chi connectivity index (χ1) is 6.63. The summed E-state index contributed by atoms with van der Waals surface area (Å²) in [7, 11) is 0. The molecule has 0 aromatic carbocycles. The topological polar surface area (TPSA) is 38.0 Å². The van der Waals surface area contributed by atoms with Crippen molar-refractivity contribution in [2.45, 2.75) is 26.4 Å². The number of thiophene rings is 1. The van der Waals surface area contributed by atoms with Crippen molar-refractivity contribution in [3.05, 3.63) is 21.3 Å². The second-order valence-corrected chi connectivity index (χ2v) is 5.47. The van der Waals surface area contributed by atoms with Gasteiger partial charge in [-0.15, -0.1) is 11.3 Å². The molecular weight excluding hydrogens is 216 g/mol. The van der Waals surface area contributed by atoms with Crippen molar-refractivity contribution in [3.8, 4) is 0 Å². The molecule has 0 bridgehead atoms. The van der Waals surface area contributed by atoms with Crippen LogP contribution in [0.4, 0.5) is 0 Å². The molecule has 0 aliphatic heterocycles. The quantitative estimate of drug-likeness (QED) is 0.819. The Morgan fingerprint density at radius 1 is 1.50 bits per heavy atom. The highest BCUT2D eigenvalue weighted by Gasteiger charge is 2.10. The number of halogens is 1. The van der Waals surface area contributed by atoms with Gasteiger partial charge < -0.3 is 11.1 Å². The van der Waals surface area contributed by atoms with Crippen LogP contribution in [0, 0.1) is 5.92 Å². The van der Waals surface area contributed by atoms with E-state index in [9.17, 15) is 0 Å². The van der Waals surface area contributed by atoms with E-state index in [1.165, 1.54) is 4.88 Å². The summed E-state index contributed by atoms with van der Waals surface area (Å²) >= 11 is 7.45. The molecule has 0 aliphatic carbocycles. The van der Waals surface area contributed by atoms with Crippen LogP contribution in [-0.2, 0) is 6.54 Å². The van der Waals surface area contributed by atoms with Gasteiger partial charge in [-0.2, -0.15) is 0 Å². The first kappa shape index (κ1) is 12.0. The van der Waals surface area contributed by atoms with Crippen LogP contribution in [0.2, 0.25) is 4.34 Å². The minimum Gasteiger partial charge on any atom is -0.329 e. The third-order valence-corrected chi connectivity index (χ3v) is 3.46. The maximum Gasteiger partial charge on any atom is 0.0931 e. The Morgan fingerprint density at radius 3 is 2.64 bits per heavy atom. The monoisotopic (exact) mass is 232 g/mol. The lowest BCUT2D eigenvalue weighted by molar-refractivity contribution is 0.406. The summed E-state index contributed by atoms with van der Waals surface area (Å²) in [6, 6.07) is 4.36. The molecule has 0 radical (unpaired) electrons. The van der Waals surface area contributed by atoms with Crippen LogP contribution in [-0.4, -0.2) is 12.6 Å². The summed E-state index contributed by atoms with van der Waals surface area (Å²) < 4.78 is 0.843. The molecule has 0 spiro atoms. The smallest absolute Gasteiger partial charge is 0.0931 e. The number of rotatable bonds is 5. The van der Waals surface area contributed by atoms with E-state index in [1.54, 1.807) is 11.3 Å². The van der Waals surface area contributed by atoms with Crippen molar-refractivity contribution < 1.29 is 0 Å².